The van der Waals surface area contributed by atoms with E-state index in [9.17, 15) is 9.59 Å². The van der Waals surface area contributed by atoms with E-state index >= 15 is 0 Å². The predicted octanol–water partition coefficient (Wildman–Crippen LogP) is 2.24. The first-order chi connectivity index (χ1) is 12.5. The van der Waals surface area contributed by atoms with Crippen LogP contribution in [0.3, 0.4) is 0 Å². The Morgan fingerprint density at radius 3 is 2.59 bits per heavy atom. The summed E-state index contributed by atoms with van der Waals surface area (Å²) in [5.74, 6) is -0.264. The molecule has 1 fully saturated rings. The van der Waals surface area contributed by atoms with Gasteiger partial charge in [0.05, 0.1) is 6.26 Å². The van der Waals surface area contributed by atoms with Crippen molar-refractivity contribution in [3.63, 3.8) is 0 Å². The number of rotatable bonds is 6. The van der Waals surface area contributed by atoms with Crippen molar-refractivity contribution in [3.05, 3.63) is 60.1 Å². The van der Waals surface area contributed by atoms with E-state index in [2.05, 4.69) is 12.2 Å². The SMILES string of the molecule is CC1(CN)CCN(C(=O)C(Cc2ccccc2)NC(=O)c2ccco2)C1.Cl. The van der Waals surface area contributed by atoms with Gasteiger partial charge in [0.2, 0.25) is 5.91 Å². The summed E-state index contributed by atoms with van der Waals surface area (Å²) >= 11 is 0. The molecular weight excluding hydrogens is 366 g/mol. The third-order valence-corrected chi connectivity index (χ3v) is 4.99. The zero-order valence-corrected chi connectivity index (χ0v) is 16.2. The Kier molecular flexibility index (Phi) is 7.05. The van der Waals surface area contributed by atoms with Crippen molar-refractivity contribution in [3.8, 4) is 0 Å². The third kappa shape index (κ3) is 5.11. The molecule has 1 aromatic heterocycles. The summed E-state index contributed by atoms with van der Waals surface area (Å²) in [5, 5.41) is 2.83. The van der Waals surface area contributed by atoms with Crippen LogP contribution >= 0.6 is 12.4 Å². The number of nitrogens with two attached hydrogens (primary N) is 1. The maximum absolute atomic E-state index is 13.1. The number of halogens is 1. The molecule has 6 nitrogen and oxygen atoms in total. The number of nitrogens with one attached hydrogen (secondary N) is 1. The predicted molar refractivity (Wildman–Crippen MR) is 106 cm³/mol. The molecule has 0 spiro atoms. The second-order valence-electron chi connectivity index (χ2n) is 7.22. The molecule has 3 N–H and O–H groups in total. The van der Waals surface area contributed by atoms with Crippen LogP contribution in [0, 0.1) is 5.41 Å². The van der Waals surface area contributed by atoms with Crippen LogP contribution in [0.15, 0.2) is 53.1 Å². The molecule has 7 heteroatoms. The molecule has 0 bridgehead atoms. The summed E-state index contributed by atoms with van der Waals surface area (Å²) in [6.45, 7) is 3.91. The van der Waals surface area contributed by atoms with Gasteiger partial charge in [0, 0.05) is 19.5 Å². The lowest BCUT2D eigenvalue weighted by Gasteiger charge is -2.26. The highest BCUT2D eigenvalue weighted by atomic mass is 35.5. The van der Waals surface area contributed by atoms with Gasteiger partial charge in [0.1, 0.15) is 6.04 Å². The molecule has 0 aliphatic carbocycles. The second kappa shape index (κ2) is 9.06. The van der Waals surface area contributed by atoms with Crippen molar-refractivity contribution in [2.24, 2.45) is 11.1 Å². The van der Waals surface area contributed by atoms with Crippen molar-refractivity contribution in [2.45, 2.75) is 25.8 Å². The number of hydrogen-bond acceptors (Lipinski definition) is 4. The van der Waals surface area contributed by atoms with E-state index in [-0.39, 0.29) is 35.4 Å². The highest BCUT2D eigenvalue weighted by Crippen LogP contribution is 2.29. The molecule has 0 saturated carbocycles. The van der Waals surface area contributed by atoms with Gasteiger partial charge >= 0.3 is 0 Å². The van der Waals surface area contributed by atoms with Crippen molar-refractivity contribution < 1.29 is 14.0 Å². The third-order valence-electron chi connectivity index (χ3n) is 4.99. The van der Waals surface area contributed by atoms with Gasteiger partial charge < -0.3 is 20.4 Å². The Labute approximate surface area is 165 Å². The highest BCUT2D eigenvalue weighted by Gasteiger charge is 2.37. The number of amides is 2. The fourth-order valence-electron chi connectivity index (χ4n) is 3.29. The minimum Gasteiger partial charge on any atom is -0.459 e. The van der Waals surface area contributed by atoms with Gasteiger partial charge in [-0.15, -0.1) is 12.4 Å². The maximum atomic E-state index is 13.1. The number of benzene rings is 1. The molecule has 1 saturated heterocycles. The first-order valence-corrected chi connectivity index (χ1v) is 8.88. The lowest BCUT2D eigenvalue weighted by atomic mass is 9.90. The Morgan fingerprint density at radius 2 is 2.00 bits per heavy atom. The Hall–Kier alpha value is -2.31. The molecule has 2 atom stereocenters. The number of hydrogen-bond donors (Lipinski definition) is 2. The van der Waals surface area contributed by atoms with Gasteiger partial charge in [-0.05, 0) is 36.1 Å². The fourth-order valence-corrected chi connectivity index (χ4v) is 3.29. The smallest absolute Gasteiger partial charge is 0.287 e. The minimum absolute atomic E-state index is 0. The largest absolute Gasteiger partial charge is 0.459 e. The second-order valence-corrected chi connectivity index (χ2v) is 7.22. The molecule has 27 heavy (non-hydrogen) atoms. The number of likely N-dealkylation sites (tertiary alicyclic amines) is 1. The molecule has 1 aliphatic rings. The fraction of sp³-hybridized carbons (Fsp3) is 0.400. The minimum atomic E-state index is -0.643. The van der Waals surface area contributed by atoms with Crippen molar-refractivity contribution >= 4 is 24.2 Å². The van der Waals surface area contributed by atoms with Crippen molar-refractivity contribution in [1.29, 1.82) is 0 Å². The van der Waals surface area contributed by atoms with Crippen molar-refractivity contribution in [1.82, 2.24) is 10.2 Å². The van der Waals surface area contributed by atoms with Crippen LogP contribution in [0.2, 0.25) is 0 Å². The van der Waals surface area contributed by atoms with Gasteiger partial charge in [-0.1, -0.05) is 37.3 Å². The molecule has 146 valence electrons. The summed E-state index contributed by atoms with van der Waals surface area (Å²) in [5.41, 5.74) is 6.79. The summed E-state index contributed by atoms with van der Waals surface area (Å²) in [6.07, 6.45) is 2.75. The van der Waals surface area contributed by atoms with Gasteiger partial charge in [-0.3, -0.25) is 9.59 Å². The molecule has 2 amide bonds. The zero-order chi connectivity index (χ0) is 18.6. The molecule has 2 aromatic rings. The van der Waals surface area contributed by atoms with Crippen LogP contribution in [0.25, 0.3) is 0 Å². The molecular formula is C20H26ClN3O3. The summed E-state index contributed by atoms with van der Waals surface area (Å²) < 4.78 is 5.15. The van der Waals surface area contributed by atoms with Crippen LogP contribution in [-0.2, 0) is 11.2 Å². The van der Waals surface area contributed by atoms with Gasteiger partial charge in [-0.25, -0.2) is 0 Å². The van der Waals surface area contributed by atoms with E-state index < -0.39 is 6.04 Å². The molecule has 3 rings (SSSR count). The van der Waals surface area contributed by atoms with E-state index in [4.69, 9.17) is 10.2 Å². The summed E-state index contributed by atoms with van der Waals surface area (Å²) in [7, 11) is 0. The summed E-state index contributed by atoms with van der Waals surface area (Å²) in [4.78, 5) is 27.3. The van der Waals surface area contributed by atoms with Crippen LogP contribution in [-0.4, -0.2) is 42.4 Å². The van der Waals surface area contributed by atoms with Crippen molar-refractivity contribution in [2.75, 3.05) is 19.6 Å². The topological polar surface area (TPSA) is 88.6 Å². The lowest BCUT2D eigenvalue weighted by Crippen LogP contribution is -2.49. The first kappa shape index (κ1) is 21.0. The van der Waals surface area contributed by atoms with Crippen LogP contribution in [0.4, 0.5) is 0 Å². The van der Waals surface area contributed by atoms with E-state index in [0.29, 0.717) is 26.1 Å². The molecule has 1 aromatic carbocycles. The van der Waals surface area contributed by atoms with Gasteiger partial charge in [0.15, 0.2) is 5.76 Å². The first-order valence-electron chi connectivity index (χ1n) is 8.88. The summed E-state index contributed by atoms with van der Waals surface area (Å²) in [6, 6.07) is 12.3. The number of furan rings is 1. The van der Waals surface area contributed by atoms with Crippen LogP contribution in [0.1, 0.15) is 29.5 Å². The normalized spacial score (nSPS) is 20.0. The Balaban J connectivity index is 0.00000261. The average molecular weight is 392 g/mol. The molecule has 2 heterocycles. The number of nitrogens with zero attached hydrogens (tertiary/aromatic N) is 1. The van der Waals surface area contributed by atoms with E-state index in [1.807, 2.05) is 35.2 Å². The quantitative estimate of drug-likeness (QED) is 0.790. The molecule has 0 radical (unpaired) electrons. The number of carbonyl (C=O) groups excluding carboxylic acids is 2. The van der Waals surface area contributed by atoms with Crippen LogP contribution in [0.5, 0.6) is 0 Å². The van der Waals surface area contributed by atoms with Gasteiger partial charge in [-0.2, -0.15) is 0 Å². The number of carbonyl (C=O) groups is 2. The lowest BCUT2D eigenvalue weighted by molar-refractivity contribution is -0.132. The Bertz CT molecular complexity index is 751. The Morgan fingerprint density at radius 1 is 1.26 bits per heavy atom. The monoisotopic (exact) mass is 391 g/mol. The molecule has 1 aliphatic heterocycles. The molecule has 2 unspecified atom stereocenters. The van der Waals surface area contributed by atoms with E-state index in [1.54, 1.807) is 12.1 Å². The highest BCUT2D eigenvalue weighted by molar-refractivity contribution is 5.95. The zero-order valence-electron chi connectivity index (χ0n) is 15.4. The van der Waals surface area contributed by atoms with E-state index in [0.717, 1.165) is 12.0 Å². The van der Waals surface area contributed by atoms with Gasteiger partial charge in [0.25, 0.3) is 5.91 Å². The standard InChI is InChI=1S/C20H25N3O3.ClH/c1-20(13-21)9-10-23(14-20)19(25)16(12-15-6-3-2-4-7-15)22-18(24)17-8-5-11-26-17;/h2-8,11,16H,9-10,12-14,21H2,1H3,(H,22,24);1H. The average Bonchev–Trinajstić information content (AvgIpc) is 3.32. The maximum Gasteiger partial charge on any atom is 0.287 e. The van der Waals surface area contributed by atoms with E-state index in [1.165, 1.54) is 6.26 Å². The van der Waals surface area contributed by atoms with Crippen LogP contribution < -0.4 is 11.1 Å².